The number of rotatable bonds is 8. The molecule has 1 atom stereocenters. The van der Waals surface area contributed by atoms with E-state index in [0.717, 1.165) is 12.0 Å². The van der Waals surface area contributed by atoms with Gasteiger partial charge in [0, 0.05) is 6.54 Å². The Morgan fingerprint density at radius 3 is 2.50 bits per heavy atom. The molecule has 0 saturated heterocycles. The van der Waals surface area contributed by atoms with Gasteiger partial charge in [-0.2, -0.15) is 0 Å². The second kappa shape index (κ2) is 8.59. The Balaban J connectivity index is 2.32. The van der Waals surface area contributed by atoms with Crippen LogP contribution in [0.2, 0.25) is 0 Å². The number of aliphatic hydroxyl groups is 1. The van der Waals surface area contributed by atoms with Crippen LogP contribution >= 0.6 is 0 Å². The molecule has 0 aliphatic carbocycles. The number of amides is 1. The summed E-state index contributed by atoms with van der Waals surface area (Å²) in [6.45, 7) is 6.87. The van der Waals surface area contributed by atoms with Gasteiger partial charge in [0.1, 0.15) is 5.75 Å². The topological polar surface area (TPSA) is 58.6 Å². The van der Waals surface area contributed by atoms with Crippen molar-refractivity contribution in [2.24, 2.45) is 5.92 Å². The average Bonchev–Trinajstić information content (AvgIpc) is 2.44. The standard InChI is InChI=1S/C16H25NO3/c1-4-15(18)13-5-7-14(8-6-13)20-11-16(19)17-10-9-12(2)3/h5-8,12,15,18H,4,9-11H2,1-3H3,(H,17,19)/t15-/m0/s1. The van der Waals surface area contributed by atoms with E-state index >= 15 is 0 Å². The fraction of sp³-hybridized carbons (Fsp3) is 0.562. The molecule has 1 amide bonds. The minimum absolute atomic E-state index is 0.0216. The van der Waals surface area contributed by atoms with Crippen molar-refractivity contribution in [2.75, 3.05) is 13.2 Å². The normalized spacial score (nSPS) is 12.2. The van der Waals surface area contributed by atoms with Crippen molar-refractivity contribution in [3.8, 4) is 5.75 Å². The van der Waals surface area contributed by atoms with Crippen LogP contribution in [-0.2, 0) is 4.79 Å². The molecule has 0 unspecified atom stereocenters. The van der Waals surface area contributed by atoms with Crippen LogP contribution in [0.25, 0.3) is 0 Å². The molecule has 0 bridgehead atoms. The monoisotopic (exact) mass is 279 g/mol. The third-order valence-corrected chi connectivity index (χ3v) is 3.07. The number of hydrogen-bond donors (Lipinski definition) is 2. The van der Waals surface area contributed by atoms with Gasteiger partial charge in [-0.25, -0.2) is 0 Å². The van der Waals surface area contributed by atoms with Gasteiger partial charge in [-0.05, 0) is 36.5 Å². The lowest BCUT2D eigenvalue weighted by atomic mass is 10.1. The Hall–Kier alpha value is -1.55. The van der Waals surface area contributed by atoms with Crippen molar-refractivity contribution in [1.29, 1.82) is 0 Å². The zero-order valence-electron chi connectivity index (χ0n) is 12.6. The summed E-state index contributed by atoms with van der Waals surface area (Å²) in [5, 5.41) is 12.5. The molecule has 20 heavy (non-hydrogen) atoms. The van der Waals surface area contributed by atoms with Gasteiger partial charge >= 0.3 is 0 Å². The number of benzene rings is 1. The van der Waals surface area contributed by atoms with Crippen LogP contribution < -0.4 is 10.1 Å². The highest BCUT2D eigenvalue weighted by Gasteiger charge is 2.06. The number of ether oxygens (including phenoxy) is 1. The van der Waals surface area contributed by atoms with Crippen molar-refractivity contribution in [1.82, 2.24) is 5.32 Å². The molecular formula is C16H25NO3. The van der Waals surface area contributed by atoms with Crippen molar-refractivity contribution in [3.05, 3.63) is 29.8 Å². The van der Waals surface area contributed by atoms with Gasteiger partial charge in [-0.3, -0.25) is 4.79 Å². The molecule has 0 aromatic heterocycles. The lowest BCUT2D eigenvalue weighted by molar-refractivity contribution is -0.123. The highest BCUT2D eigenvalue weighted by atomic mass is 16.5. The van der Waals surface area contributed by atoms with Gasteiger partial charge < -0.3 is 15.2 Å². The smallest absolute Gasteiger partial charge is 0.257 e. The van der Waals surface area contributed by atoms with E-state index in [1.807, 2.05) is 19.1 Å². The SMILES string of the molecule is CC[C@H](O)c1ccc(OCC(=O)NCCC(C)C)cc1. The maximum Gasteiger partial charge on any atom is 0.257 e. The molecule has 1 aromatic carbocycles. The van der Waals surface area contributed by atoms with E-state index in [4.69, 9.17) is 4.74 Å². The molecule has 0 aliphatic heterocycles. The summed E-state index contributed by atoms with van der Waals surface area (Å²) in [7, 11) is 0. The number of carbonyl (C=O) groups excluding carboxylic acids is 1. The van der Waals surface area contributed by atoms with Crippen LogP contribution in [0.4, 0.5) is 0 Å². The molecule has 0 aliphatic rings. The maximum absolute atomic E-state index is 11.5. The van der Waals surface area contributed by atoms with Gasteiger partial charge in [0.2, 0.25) is 0 Å². The number of hydrogen-bond acceptors (Lipinski definition) is 3. The van der Waals surface area contributed by atoms with E-state index in [1.54, 1.807) is 12.1 Å². The molecule has 0 radical (unpaired) electrons. The molecule has 0 fully saturated rings. The second-order valence-corrected chi connectivity index (χ2v) is 5.31. The Morgan fingerprint density at radius 2 is 1.95 bits per heavy atom. The first-order valence-electron chi connectivity index (χ1n) is 7.20. The summed E-state index contributed by atoms with van der Waals surface area (Å²) in [5.41, 5.74) is 0.862. The van der Waals surface area contributed by atoms with Gasteiger partial charge in [-0.1, -0.05) is 32.9 Å². The zero-order valence-corrected chi connectivity index (χ0v) is 12.6. The van der Waals surface area contributed by atoms with Gasteiger partial charge in [-0.15, -0.1) is 0 Å². The molecule has 0 heterocycles. The Labute approximate surface area is 121 Å². The predicted molar refractivity (Wildman–Crippen MR) is 79.7 cm³/mol. The summed E-state index contributed by atoms with van der Waals surface area (Å²) in [5.74, 6) is 1.10. The Kier molecular flexibility index (Phi) is 7.09. The Bertz CT molecular complexity index is 401. The van der Waals surface area contributed by atoms with Crippen molar-refractivity contribution in [2.45, 2.75) is 39.7 Å². The molecule has 4 heteroatoms. The first-order valence-corrected chi connectivity index (χ1v) is 7.20. The number of aliphatic hydroxyl groups excluding tert-OH is 1. The van der Waals surface area contributed by atoms with E-state index in [0.29, 0.717) is 24.6 Å². The molecule has 4 nitrogen and oxygen atoms in total. The van der Waals surface area contributed by atoms with Gasteiger partial charge in [0.15, 0.2) is 6.61 Å². The third kappa shape index (κ3) is 6.06. The van der Waals surface area contributed by atoms with E-state index in [2.05, 4.69) is 19.2 Å². The zero-order chi connectivity index (χ0) is 15.0. The summed E-state index contributed by atoms with van der Waals surface area (Å²) >= 11 is 0. The minimum Gasteiger partial charge on any atom is -0.484 e. The lowest BCUT2D eigenvalue weighted by Gasteiger charge is -2.11. The van der Waals surface area contributed by atoms with Crippen LogP contribution in [0.15, 0.2) is 24.3 Å². The van der Waals surface area contributed by atoms with Gasteiger partial charge in [0.25, 0.3) is 5.91 Å². The third-order valence-electron chi connectivity index (χ3n) is 3.07. The van der Waals surface area contributed by atoms with Crippen molar-refractivity contribution >= 4 is 5.91 Å². The minimum atomic E-state index is -0.441. The van der Waals surface area contributed by atoms with Crippen LogP contribution in [0.1, 0.15) is 45.3 Å². The van der Waals surface area contributed by atoms with E-state index < -0.39 is 6.10 Å². The summed E-state index contributed by atoms with van der Waals surface area (Å²) < 4.78 is 5.40. The summed E-state index contributed by atoms with van der Waals surface area (Å²) in [6, 6.07) is 7.19. The van der Waals surface area contributed by atoms with Crippen LogP contribution in [0.5, 0.6) is 5.75 Å². The molecular weight excluding hydrogens is 254 g/mol. The second-order valence-electron chi connectivity index (χ2n) is 5.31. The van der Waals surface area contributed by atoms with E-state index in [1.165, 1.54) is 0 Å². The molecule has 0 saturated carbocycles. The fourth-order valence-electron chi connectivity index (χ4n) is 1.72. The Morgan fingerprint density at radius 1 is 1.30 bits per heavy atom. The summed E-state index contributed by atoms with van der Waals surface area (Å²) in [6.07, 6.45) is 1.21. The quantitative estimate of drug-likeness (QED) is 0.769. The van der Waals surface area contributed by atoms with Crippen LogP contribution in [0.3, 0.4) is 0 Å². The number of nitrogens with one attached hydrogen (secondary N) is 1. The van der Waals surface area contributed by atoms with Gasteiger partial charge in [0.05, 0.1) is 6.10 Å². The van der Waals surface area contributed by atoms with Crippen LogP contribution in [-0.4, -0.2) is 24.2 Å². The van der Waals surface area contributed by atoms with E-state index in [9.17, 15) is 9.90 Å². The van der Waals surface area contributed by atoms with Crippen LogP contribution in [0, 0.1) is 5.92 Å². The molecule has 2 N–H and O–H groups in total. The molecule has 1 aromatic rings. The van der Waals surface area contributed by atoms with E-state index in [-0.39, 0.29) is 12.5 Å². The molecule has 112 valence electrons. The van der Waals surface area contributed by atoms with Crippen molar-refractivity contribution in [3.63, 3.8) is 0 Å². The average molecular weight is 279 g/mol. The molecule has 1 rings (SSSR count). The lowest BCUT2D eigenvalue weighted by Crippen LogP contribution is -2.30. The van der Waals surface area contributed by atoms with Crippen molar-refractivity contribution < 1.29 is 14.6 Å². The highest BCUT2D eigenvalue weighted by Crippen LogP contribution is 2.19. The predicted octanol–water partition coefficient (Wildman–Crippen LogP) is 2.67. The fourth-order valence-corrected chi connectivity index (χ4v) is 1.72. The molecule has 0 spiro atoms. The first-order chi connectivity index (χ1) is 9.52. The number of carbonyl (C=O) groups is 1. The highest BCUT2D eigenvalue weighted by molar-refractivity contribution is 5.77. The first kappa shape index (κ1) is 16.5. The maximum atomic E-state index is 11.5. The summed E-state index contributed by atoms with van der Waals surface area (Å²) in [4.78, 5) is 11.5. The largest absolute Gasteiger partial charge is 0.484 e.